The summed E-state index contributed by atoms with van der Waals surface area (Å²) in [5.74, 6) is 1.38. The van der Waals surface area contributed by atoms with Gasteiger partial charge >= 0.3 is 5.97 Å². The fourth-order valence-corrected chi connectivity index (χ4v) is 4.90. The highest BCUT2D eigenvalue weighted by Crippen LogP contribution is 2.26. The third kappa shape index (κ3) is 4.61. The number of carbonyl (C=O) groups excluding carboxylic acids is 1. The van der Waals surface area contributed by atoms with Crippen molar-refractivity contribution in [1.29, 1.82) is 0 Å². The van der Waals surface area contributed by atoms with Crippen LogP contribution < -0.4 is 0 Å². The molecule has 0 radical (unpaired) electrons. The van der Waals surface area contributed by atoms with E-state index in [1.54, 1.807) is 11.3 Å². The zero-order chi connectivity index (χ0) is 19.3. The predicted molar refractivity (Wildman–Crippen MR) is 107 cm³/mol. The number of hydrogen-bond acceptors (Lipinski definition) is 8. The van der Waals surface area contributed by atoms with Crippen LogP contribution in [0.1, 0.15) is 38.5 Å². The van der Waals surface area contributed by atoms with Crippen molar-refractivity contribution in [3.05, 3.63) is 23.4 Å². The first-order chi connectivity index (χ1) is 13.7. The summed E-state index contributed by atoms with van der Waals surface area (Å²) in [6.07, 6.45) is 4.26. The van der Waals surface area contributed by atoms with Crippen LogP contribution >= 0.6 is 11.3 Å². The minimum atomic E-state index is -0.0254. The molecule has 2 aromatic heterocycles. The number of rotatable bonds is 6. The van der Waals surface area contributed by atoms with Gasteiger partial charge in [-0.25, -0.2) is 0 Å². The Labute approximate surface area is 169 Å². The topological polar surface area (TPSA) is 71.7 Å². The Kier molecular flexibility index (Phi) is 6.39. The standard InChI is InChI=1S/C20H28N4O3S/c1-2-26-20(25)15-5-3-9-24(13-15)16-7-10-23(11-8-16)14-18-21-19(22-27-18)17-6-4-12-28-17/h4,6,12,15-16H,2-3,5,7-11,13-14H2,1H3. The summed E-state index contributed by atoms with van der Waals surface area (Å²) in [6.45, 7) is 7.02. The van der Waals surface area contributed by atoms with E-state index in [-0.39, 0.29) is 11.9 Å². The first-order valence-electron chi connectivity index (χ1n) is 10.2. The lowest BCUT2D eigenvalue weighted by molar-refractivity contribution is -0.150. The molecule has 0 saturated carbocycles. The highest BCUT2D eigenvalue weighted by molar-refractivity contribution is 7.13. The Balaban J connectivity index is 1.26. The van der Waals surface area contributed by atoms with Gasteiger partial charge in [-0.05, 0) is 50.6 Å². The van der Waals surface area contributed by atoms with Gasteiger partial charge in [0.25, 0.3) is 0 Å². The number of likely N-dealkylation sites (tertiary alicyclic amines) is 2. The molecule has 0 spiro atoms. The Hall–Kier alpha value is -1.77. The minimum absolute atomic E-state index is 0.0254. The summed E-state index contributed by atoms with van der Waals surface area (Å²) < 4.78 is 10.7. The van der Waals surface area contributed by atoms with Gasteiger partial charge in [0, 0.05) is 25.7 Å². The van der Waals surface area contributed by atoms with Crippen molar-refractivity contribution in [2.24, 2.45) is 5.92 Å². The average Bonchev–Trinajstić information content (AvgIpc) is 3.41. The molecule has 4 rings (SSSR count). The third-order valence-electron chi connectivity index (χ3n) is 5.71. The molecule has 0 N–H and O–H groups in total. The minimum Gasteiger partial charge on any atom is -0.466 e. The van der Waals surface area contributed by atoms with Crippen molar-refractivity contribution in [1.82, 2.24) is 19.9 Å². The zero-order valence-electron chi connectivity index (χ0n) is 16.4. The summed E-state index contributed by atoms with van der Waals surface area (Å²) >= 11 is 1.62. The van der Waals surface area contributed by atoms with Crippen LogP contribution in [0.3, 0.4) is 0 Å². The molecular weight excluding hydrogens is 376 g/mol. The fourth-order valence-electron chi connectivity index (χ4n) is 4.25. The number of thiophene rings is 1. The van der Waals surface area contributed by atoms with Gasteiger partial charge in [-0.15, -0.1) is 11.3 Å². The second-order valence-electron chi connectivity index (χ2n) is 7.58. The van der Waals surface area contributed by atoms with Crippen molar-refractivity contribution >= 4 is 17.3 Å². The molecule has 0 amide bonds. The van der Waals surface area contributed by atoms with Crippen LogP contribution in [-0.4, -0.2) is 64.7 Å². The molecule has 2 aliphatic rings. The maximum absolute atomic E-state index is 12.1. The van der Waals surface area contributed by atoms with Crippen LogP contribution in [0.25, 0.3) is 10.7 Å². The van der Waals surface area contributed by atoms with Crippen LogP contribution in [0.15, 0.2) is 22.0 Å². The molecule has 152 valence electrons. The van der Waals surface area contributed by atoms with Crippen LogP contribution in [0.4, 0.5) is 0 Å². The van der Waals surface area contributed by atoms with E-state index in [2.05, 4.69) is 19.9 Å². The van der Waals surface area contributed by atoms with Gasteiger partial charge < -0.3 is 9.26 Å². The summed E-state index contributed by atoms with van der Waals surface area (Å²) in [5, 5.41) is 6.12. The van der Waals surface area contributed by atoms with Gasteiger partial charge in [-0.3, -0.25) is 14.6 Å². The van der Waals surface area contributed by atoms with Crippen molar-refractivity contribution in [3.8, 4) is 10.7 Å². The number of hydrogen-bond donors (Lipinski definition) is 0. The molecule has 2 saturated heterocycles. The number of aromatic nitrogens is 2. The zero-order valence-corrected chi connectivity index (χ0v) is 17.2. The van der Waals surface area contributed by atoms with E-state index >= 15 is 0 Å². The summed E-state index contributed by atoms with van der Waals surface area (Å²) in [4.78, 5) is 22.5. The lowest BCUT2D eigenvalue weighted by atomic mass is 9.94. The number of nitrogens with zero attached hydrogens (tertiary/aromatic N) is 4. The van der Waals surface area contributed by atoms with E-state index in [0.29, 0.717) is 30.9 Å². The van der Waals surface area contributed by atoms with E-state index in [9.17, 15) is 4.79 Å². The Morgan fingerprint density at radius 2 is 2.18 bits per heavy atom. The van der Waals surface area contributed by atoms with Gasteiger partial charge in [0.1, 0.15) is 0 Å². The van der Waals surface area contributed by atoms with Gasteiger partial charge in [0.05, 0.1) is 23.9 Å². The second kappa shape index (κ2) is 9.15. The number of piperidine rings is 2. The van der Waals surface area contributed by atoms with Crippen molar-refractivity contribution in [3.63, 3.8) is 0 Å². The Morgan fingerprint density at radius 1 is 1.32 bits per heavy atom. The quantitative estimate of drug-likeness (QED) is 0.685. The predicted octanol–water partition coefficient (Wildman–Crippen LogP) is 3.04. The fraction of sp³-hybridized carbons (Fsp3) is 0.650. The average molecular weight is 405 g/mol. The molecule has 4 heterocycles. The maximum atomic E-state index is 12.1. The molecule has 7 nitrogen and oxygen atoms in total. The third-order valence-corrected chi connectivity index (χ3v) is 6.58. The Morgan fingerprint density at radius 3 is 2.93 bits per heavy atom. The van der Waals surface area contributed by atoms with E-state index in [1.165, 1.54) is 0 Å². The SMILES string of the molecule is CCOC(=O)C1CCCN(C2CCN(Cc3nc(-c4cccs4)no3)CC2)C1. The van der Waals surface area contributed by atoms with E-state index in [4.69, 9.17) is 9.26 Å². The molecule has 0 aromatic carbocycles. The van der Waals surface area contributed by atoms with Crippen LogP contribution in [0.5, 0.6) is 0 Å². The molecule has 0 bridgehead atoms. The first kappa shape index (κ1) is 19.5. The normalized spacial score (nSPS) is 22.4. The lowest BCUT2D eigenvalue weighted by Gasteiger charge is -2.41. The summed E-state index contributed by atoms with van der Waals surface area (Å²) in [7, 11) is 0. The van der Waals surface area contributed by atoms with E-state index in [0.717, 1.165) is 56.7 Å². The van der Waals surface area contributed by atoms with Crippen molar-refractivity contribution in [2.45, 2.75) is 45.2 Å². The highest BCUT2D eigenvalue weighted by Gasteiger charge is 2.32. The molecular formula is C20H28N4O3S. The Bertz CT molecular complexity index is 755. The highest BCUT2D eigenvalue weighted by atomic mass is 32.1. The molecule has 2 fully saturated rings. The van der Waals surface area contributed by atoms with Gasteiger partial charge in [0.15, 0.2) is 0 Å². The van der Waals surface area contributed by atoms with Crippen LogP contribution in [0.2, 0.25) is 0 Å². The van der Waals surface area contributed by atoms with E-state index in [1.807, 2.05) is 24.4 Å². The molecule has 2 aliphatic heterocycles. The van der Waals surface area contributed by atoms with Gasteiger partial charge in [-0.2, -0.15) is 4.98 Å². The molecule has 1 unspecified atom stereocenters. The van der Waals surface area contributed by atoms with E-state index < -0.39 is 0 Å². The van der Waals surface area contributed by atoms with Crippen molar-refractivity contribution in [2.75, 3.05) is 32.8 Å². The van der Waals surface area contributed by atoms with Gasteiger partial charge in [0.2, 0.25) is 11.7 Å². The largest absolute Gasteiger partial charge is 0.466 e. The summed E-state index contributed by atoms with van der Waals surface area (Å²) in [5.41, 5.74) is 0. The molecule has 0 aliphatic carbocycles. The second-order valence-corrected chi connectivity index (χ2v) is 8.53. The van der Waals surface area contributed by atoms with Crippen molar-refractivity contribution < 1.29 is 14.1 Å². The molecule has 2 aromatic rings. The number of carbonyl (C=O) groups is 1. The van der Waals surface area contributed by atoms with Crippen LogP contribution in [0, 0.1) is 5.92 Å². The molecule has 1 atom stereocenters. The smallest absolute Gasteiger partial charge is 0.310 e. The maximum Gasteiger partial charge on any atom is 0.310 e. The molecule has 8 heteroatoms. The van der Waals surface area contributed by atoms with Crippen LogP contribution in [-0.2, 0) is 16.1 Å². The lowest BCUT2D eigenvalue weighted by Crippen LogP contribution is -2.49. The number of esters is 1. The van der Waals surface area contributed by atoms with Gasteiger partial charge in [-0.1, -0.05) is 11.2 Å². The first-order valence-corrected chi connectivity index (χ1v) is 11.1. The molecule has 28 heavy (non-hydrogen) atoms. The summed E-state index contributed by atoms with van der Waals surface area (Å²) in [6, 6.07) is 4.55. The number of ether oxygens (including phenoxy) is 1. The monoisotopic (exact) mass is 404 g/mol.